The van der Waals surface area contributed by atoms with Gasteiger partial charge < -0.3 is 15.4 Å². The molecule has 0 radical (unpaired) electrons. The van der Waals surface area contributed by atoms with Crippen LogP contribution < -0.4 is 15.4 Å². The van der Waals surface area contributed by atoms with Gasteiger partial charge in [-0.1, -0.05) is 147 Å². The van der Waals surface area contributed by atoms with Crippen LogP contribution in [0.5, 0.6) is 0 Å². The molecule has 1 saturated heterocycles. The smallest absolute Gasteiger partial charge is 0.264 e. The number of hydrogen-bond donors (Lipinski definition) is 3. The van der Waals surface area contributed by atoms with Crippen LogP contribution in [0.25, 0.3) is 0 Å². The summed E-state index contributed by atoms with van der Waals surface area (Å²) in [6.07, 6.45) is 33.2. The molecule has 0 spiro atoms. The van der Waals surface area contributed by atoms with Crippen molar-refractivity contribution in [1.29, 1.82) is 0 Å². The SMILES string of the molecule is C#CC#CC#CC.CCC(C)C=O.CCC1(C)C2CCC(C(=O)C2)C1NCc1ccccc1.CCCCCCCCCCCCc1ccc(S(=O)(=O)NC(=O)[C@@H]2CCCN2)cc1.O=C1C=CCCC1.[HH]. The van der Waals surface area contributed by atoms with Gasteiger partial charge >= 0.3 is 0 Å². The van der Waals surface area contributed by atoms with Gasteiger partial charge in [0, 0.05) is 38.7 Å². The number of sulfonamides is 1. The molecule has 3 N–H and O–H groups in total. The van der Waals surface area contributed by atoms with E-state index in [2.05, 4.69) is 90.0 Å². The average Bonchev–Trinajstić information content (AvgIpc) is 3.92. The third-order valence-corrected chi connectivity index (χ3v) is 15.2. The summed E-state index contributed by atoms with van der Waals surface area (Å²) in [5, 5.41) is 6.74. The molecule has 2 aromatic carbocycles. The van der Waals surface area contributed by atoms with E-state index in [-0.39, 0.29) is 29.4 Å². The van der Waals surface area contributed by atoms with Crippen molar-refractivity contribution in [3.05, 3.63) is 77.9 Å². The van der Waals surface area contributed by atoms with Crippen LogP contribution in [0.2, 0.25) is 0 Å². The zero-order valence-corrected chi connectivity index (χ0v) is 43.8. The van der Waals surface area contributed by atoms with Crippen molar-refractivity contribution in [2.75, 3.05) is 6.54 Å². The number of rotatable bonds is 20. The number of terminal acetylenes is 1. The molecule has 1 aliphatic heterocycles. The number of aldehydes is 1. The fourth-order valence-corrected chi connectivity index (χ4v) is 10.1. The molecule has 7 rings (SSSR count). The Morgan fingerprint density at radius 1 is 0.884 bits per heavy atom. The topological polar surface area (TPSA) is 139 Å². The summed E-state index contributed by atoms with van der Waals surface area (Å²) in [6.45, 7) is 14.2. The first-order valence-electron chi connectivity index (χ1n) is 26.0. The molecule has 10 heteroatoms. The van der Waals surface area contributed by atoms with Crippen molar-refractivity contribution in [3.8, 4) is 36.0 Å². The number of amides is 1. The number of Topliss-reactive ketones (excluding diaryl/α,β-unsaturated/α-hetero) is 1. The summed E-state index contributed by atoms with van der Waals surface area (Å²) >= 11 is 0. The lowest BCUT2D eigenvalue weighted by Gasteiger charge is -2.55. The normalized spacial score (nSPS) is 21.2. The molecule has 2 bridgehead atoms. The molecule has 5 unspecified atom stereocenters. The molecule has 380 valence electrons. The maximum atomic E-state index is 12.4. The highest BCUT2D eigenvalue weighted by molar-refractivity contribution is 7.90. The van der Waals surface area contributed by atoms with Gasteiger partial charge in [-0.25, -0.2) is 13.1 Å². The third kappa shape index (κ3) is 23.6. The summed E-state index contributed by atoms with van der Waals surface area (Å²) in [7, 11) is -3.80. The van der Waals surface area contributed by atoms with E-state index in [1.165, 1.54) is 69.8 Å². The Morgan fingerprint density at radius 2 is 1.55 bits per heavy atom. The summed E-state index contributed by atoms with van der Waals surface area (Å²) in [5.74, 6) is 13.4. The van der Waals surface area contributed by atoms with Gasteiger partial charge in [0.05, 0.1) is 10.9 Å². The molecule has 1 amide bonds. The molecule has 69 heavy (non-hydrogen) atoms. The summed E-state index contributed by atoms with van der Waals surface area (Å²) in [4.78, 5) is 44.6. The van der Waals surface area contributed by atoms with Crippen LogP contribution >= 0.6 is 0 Å². The second-order valence-electron chi connectivity index (χ2n) is 19.0. The predicted molar refractivity (Wildman–Crippen MR) is 285 cm³/mol. The van der Waals surface area contributed by atoms with Gasteiger partial charge in [-0.2, -0.15) is 0 Å². The van der Waals surface area contributed by atoms with Gasteiger partial charge in [0.25, 0.3) is 15.9 Å². The van der Waals surface area contributed by atoms with Gasteiger partial charge in [0.1, 0.15) is 12.1 Å². The lowest BCUT2D eigenvalue weighted by Crippen LogP contribution is -2.60. The lowest BCUT2D eigenvalue weighted by molar-refractivity contribution is -0.140. The molecule has 9 nitrogen and oxygen atoms in total. The van der Waals surface area contributed by atoms with Gasteiger partial charge in [-0.15, -0.1) is 6.42 Å². The van der Waals surface area contributed by atoms with Crippen molar-refractivity contribution in [1.82, 2.24) is 15.4 Å². The van der Waals surface area contributed by atoms with Crippen molar-refractivity contribution in [2.24, 2.45) is 23.2 Å². The molecular weight excluding hydrogens is 879 g/mol. The fourth-order valence-electron chi connectivity index (χ4n) is 9.12. The van der Waals surface area contributed by atoms with Crippen molar-refractivity contribution >= 4 is 33.8 Å². The number of allylic oxidation sites excluding steroid dienone is 2. The molecule has 4 fully saturated rings. The number of carbonyl (C=O) groups excluding carboxylic acids is 4. The van der Waals surface area contributed by atoms with E-state index in [4.69, 9.17) is 6.42 Å². The molecule has 0 aromatic heterocycles. The summed E-state index contributed by atoms with van der Waals surface area (Å²) < 4.78 is 27.0. The quantitative estimate of drug-likeness (QED) is 0.0677. The van der Waals surface area contributed by atoms with Crippen LogP contribution in [-0.4, -0.2) is 50.8 Å². The Kier molecular flexibility index (Phi) is 30.9. The Balaban J connectivity index is 0.000000510. The highest BCUT2D eigenvalue weighted by atomic mass is 32.2. The van der Waals surface area contributed by atoms with E-state index in [0.717, 1.165) is 89.1 Å². The highest BCUT2D eigenvalue weighted by Gasteiger charge is 2.53. The van der Waals surface area contributed by atoms with Crippen LogP contribution in [0.1, 0.15) is 183 Å². The standard InChI is InChI=1S/C23H38N2O3S.C18H25NO.C7H4.C6H8O.C5H10O.H2/c1-2-3-4-5-6-7-8-9-10-11-13-20-15-17-21(18-16-20)29(27,28)25-23(26)22-14-12-19-24-22;1-3-18(2)14-9-10-15(16(20)11-14)17(18)19-12-13-7-5-4-6-8-13;1-3-5-7-6-4-2;7-6-4-2-1-3-5-6;1-3-5(2)4-6;/h15-18,22,24H,2-14,19H2,1H3,(H,25,26);4-8,14-15,17,19H,3,9-12H2,1-2H3;1H,2H3;2,4H,1,3,5H2;4-5H,3H2,1-2H3;1H/t22-;;;;;/m0...../s1. The van der Waals surface area contributed by atoms with E-state index in [1.807, 2.05) is 38.1 Å². The molecule has 3 saturated carbocycles. The molecular formula is C59H87N3O6S. The Labute approximate surface area is 419 Å². The zero-order valence-electron chi connectivity index (χ0n) is 43.0. The van der Waals surface area contributed by atoms with E-state index in [0.29, 0.717) is 24.2 Å². The fraction of sp³-hybridized carbons (Fsp3) is 0.593. The monoisotopic (exact) mass is 966 g/mol. The maximum absolute atomic E-state index is 12.4. The zero-order chi connectivity index (χ0) is 50.8. The van der Waals surface area contributed by atoms with Crippen molar-refractivity contribution in [3.63, 3.8) is 0 Å². The lowest BCUT2D eigenvalue weighted by atomic mass is 9.52. The van der Waals surface area contributed by atoms with Crippen LogP contribution in [0, 0.1) is 59.2 Å². The Bertz CT molecular complexity index is 2120. The highest BCUT2D eigenvalue weighted by Crippen LogP contribution is 2.52. The molecule has 5 aliphatic rings. The largest absolute Gasteiger partial charge is 0.309 e. The molecule has 6 atom stereocenters. The molecule has 4 aliphatic carbocycles. The maximum Gasteiger partial charge on any atom is 0.264 e. The van der Waals surface area contributed by atoms with Crippen LogP contribution in [0.15, 0.2) is 71.6 Å². The number of fused-ring (bicyclic) bond motifs is 3. The minimum absolute atomic E-state index is 0. The van der Waals surface area contributed by atoms with E-state index >= 15 is 0 Å². The molecule has 1 heterocycles. The number of unbranched alkanes of at least 4 members (excludes halogenated alkanes) is 9. The van der Waals surface area contributed by atoms with Crippen LogP contribution in [0.4, 0.5) is 0 Å². The number of nitrogens with one attached hydrogen (secondary N) is 3. The second kappa shape index (κ2) is 35.3. The summed E-state index contributed by atoms with van der Waals surface area (Å²) in [6, 6.07) is 17.4. The number of hydrogen-bond acceptors (Lipinski definition) is 8. The van der Waals surface area contributed by atoms with Crippen molar-refractivity contribution < 1.29 is 29.0 Å². The third-order valence-electron chi connectivity index (χ3n) is 13.8. The Hall–Kier alpha value is -4.79. The average molecular weight is 966 g/mol. The van der Waals surface area contributed by atoms with Crippen molar-refractivity contribution in [2.45, 2.75) is 200 Å². The number of carbonyl (C=O) groups is 4. The molecule has 2 aromatic rings. The first kappa shape index (κ1) is 60.3. The van der Waals surface area contributed by atoms with Crippen LogP contribution in [-0.2, 0) is 42.2 Å². The van der Waals surface area contributed by atoms with Gasteiger partial charge in [0.2, 0.25) is 0 Å². The number of benzene rings is 2. The Morgan fingerprint density at radius 3 is 2.04 bits per heavy atom. The van der Waals surface area contributed by atoms with E-state index < -0.39 is 22.0 Å². The van der Waals surface area contributed by atoms with Crippen LogP contribution in [0.3, 0.4) is 0 Å². The predicted octanol–water partition coefficient (Wildman–Crippen LogP) is 11.7. The van der Waals surface area contributed by atoms with E-state index in [9.17, 15) is 27.6 Å². The first-order valence-corrected chi connectivity index (χ1v) is 27.5. The van der Waals surface area contributed by atoms with Gasteiger partial charge in [-0.05, 0) is 142 Å². The summed E-state index contributed by atoms with van der Waals surface area (Å²) in [5.41, 5.74) is 2.73. The minimum atomic E-state index is -3.80. The first-order chi connectivity index (χ1) is 33.3. The van der Waals surface area contributed by atoms with Gasteiger partial charge in [0.15, 0.2) is 5.78 Å². The van der Waals surface area contributed by atoms with Gasteiger partial charge in [-0.3, -0.25) is 14.4 Å². The number of ketones is 2. The number of aryl methyl sites for hydroxylation is 1. The minimum Gasteiger partial charge on any atom is -0.309 e. The van der Waals surface area contributed by atoms with E-state index in [1.54, 1.807) is 25.1 Å². The second-order valence-corrected chi connectivity index (χ2v) is 20.7.